The Kier molecular flexibility index (Phi) is 3.50. The number of carbonyl (C=O) groups is 1. The third-order valence-electron chi connectivity index (χ3n) is 4.83. The topological polar surface area (TPSA) is 40.5 Å². The summed E-state index contributed by atoms with van der Waals surface area (Å²) in [6.45, 7) is 1.47. The van der Waals surface area contributed by atoms with E-state index in [1.807, 2.05) is 0 Å². The fourth-order valence-corrected chi connectivity index (χ4v) is 3.65. The summed E-state index contributed by atoms with van der Waals surface area (Å²) >= 11 is 0. The predicted molar refractivity (Wildman–Crippen MR) is 75.5 cm³/mol. The first kappa shape index (κ1) is 13.6. The van der Waals surface area contributed by atoms with E-state index >= 15 is 0 Å². The van der Waals surface area contributed by atoms with Crippen LogP contribution in [-0.4, -0.2) is 30.1 Å². The number of rotatable bonds is 2. The van der Waals surface area contributed by atoms with Crippen LogP contribution in [0.3, 0.4) is 0 Å². The summed E-state index contributed by atoms with van der Waals surface area (Å²) < 4.78 is 13.5. The van der Waals surface area contributed by atoms with Gasteiger partial charge in [-0.15, -0.1) is 0 Å². The molecule has 108 valence electrons. The Morgan fingerprint density at radius 2 is 2.15 bits per heavy atom. The molecule has 1 heterocycles. The molecular weight excluding hydrogens is 257 g/mol. The van der Waals surface area contributed by atoms with Gasteiger partial charge >= 0.3 is 0 Å². The summed E-state index contributed by atoms with van der Waals surface area (Å²) in [7, 11) is 0. The summed E-state index contributed by atoms with van der Waals surface area (Å²) in [6, 6.07) is 4.45. The Bertz CT molecular complexity index is 519. The molecule has 1 aliphatic heterocycles. The highest BCUT2D eigenvalue weighted by Gasteiger charge is 2.42. The zero-order valence-electron chi connectivity index (χ0n) is 11.5. The molecule has 0 spiro atoms. The van der Waals surface area contributed by atoms with Crippen LogP contribution >= 0.6 is 0 Å². The summed E-state index contributed by atoms with van der Waals surface area (Å²) in [5.74, 6) is -0.123. The van der Waals surface area contributed by atoms with Crippen molar-refractivity contribution in [2.45, 2.75) is 37.7 Å². The first-order chi connectivity index (χ1) is 9.60. The molecule has 2 atom stereocenters. The second kappa shape index (κ2) is 5.17. The Labute approximate surface area is 118 Å². The van der Waals surface area contributed by atoms with Gasteiger partial charge in [-0.2, -0.15) is 0 Å². The number of nitrogens with zero attached hydrogens (tertiary/aromatic N) is 1. The largest absolute Gasteiger partial charge is 0.389 e. The van der Waals surface area contributed by atoms with Crippen molar-refractivity contribution in [3.05, 3.63) is 29.6 Å². The average molecular weight is 277 g/mol. The van der Waals surface area contributed by atoms with Gasteiger partial charge in [0.25, 0.3) is 0 Å². The van der Waals surface area contributed by atoms with Crippen LogP contribution in [0.25, 0.3) is 0 Å². The van der Waals surface area contributed by atoms with Crippen molar-refractivity contribution in [3.8, 4) is 0 Å². The van der Waals surface area contributed by atoms with Crippen molar-refractivity contribution in [1.29, 1.82) is 0 Å². The molecule has 4 heteroatoms. The number of piperidine rings is 1. The SMILES string of the molecule is O=Cc1cc(F)cc(N2CCC3(O)CCCCC3C2)c1. The number of halogens is 1. The lowest BCUT2D eigenvalue weighted by Crippen LogP contribution is -2.53. The molecule has 0 amide bonds. The first-order valence-corrected chi connectivity index (χ1v) is 7.34. The monoisotopic (exact) mass is 277 g/mol. The van der Waals surface area contributed by atoms with Gasteiger partial charge in [0.2, 0.25) is 0 Å². The number of hydrogen-bond donors (Lipinski definition) is 1. The number of fused-ring (bicyclic) bond motifs is 1. The maximum Gasteiger partial charge on any atom is 0.150 e. The molecule has 1 aromatic carbocycles. The molecule has 20 heavy (non-hydrogen) atoms. The number of hydrogen-bond acceptors (Lipinski definition) is 3. The van der Waals surface area contributed by atoms with E-state index < -0.39 is 5.60 Å². The molecule has 1 N–H and O–H groups in total. The van der Waals surface area contributed by atoms with E-state index in [0.29, 0.717) is 11.8 Å². The molecule has 2 fully saturated rings. The molecular formula is C16H20FNO2. The molecule has 3 rings (SSSR count). The molecule has 1 aromatic rings. The molecule has 1 aliphatic carbocycles. The van der Waals surface area contributed by atoms with Crippen LogP contribution < -0.4 is 4.90 Å². The van der Waals surface area contributed by atoms with Crippen LogP contribution in [0.1, 0.15) is 42.5 Å². The molecule has 0 radical (unpaired) electrons. The second-order valence-electron chi connectivity index (χ2n) is 6.10. The highest BCUT2D eigenvalue weighted by molar-refractivity contribution is 5.77. The van der Waals surface area contributed by atoms with Gasteiger partial charge in [0, 0.05) is 30.3 Å². The number of carbonyl (C=O) groups excluding carboxylic acids is 1. The molecule has 2 aliphatic rings. The van der Waals surface area contributed by atoms with E-state index in [4.69, 9.17) is 0 Å². The second-order valence-corrected chi connectivity index (χ2v) is 6.10. The Morgan fingerprint density at radius 3 is 2.95 bits per heavy atom. The van der Waals surface area contributed by atoms with E-state index in [2.05, 4.69) is 4.90 Å². The van der Waals surface area contributed by atoms with Crippen molar-refractivity contribution < 1.29 is 14.3 Å². The maximum atomic E-state index is 13.5. The van der Waals surface area contributed by atoms with Gasteiger partial charge < -0.3 is 10.0 Å². The van der Waals surface area contributed by atoms with Gasteiger partial charge in [0.1, 0.15) is 12.1 Å². The van der Waals surface area contributed by atoms with Crippen LogP contribution in [0.2, 0.25) is 0 Å². The van der Waals surface area contributed by atoms with E-state index in [1.54, 1.807) is 6.07 Å². The van der Waals surface area contributed by atoms with E-state index in [9.17, 15) is 14.3 Å². The lowest BCUT2D eigenvalue weighted by Gasteiger charge is -2.48. The minimum atomic E-state index is -0.532. The number of aliphatic hydroxyl groups is 1. The van der Waals surface area contributed by atoms with Gasteiger partial charge in [0.05, 0.1) is 5.60 Å². The Morgan fingerprint density at radius 1 is 1.30 bits per heavy atom. The standard InChI is InChI=1S/C16H20FNO2/c17-14-7-12(11-19)8-15(9-14)18-6-5-16(20)4-2-1-3-13(16)10-18/h7-9,11,13,20H,1-6,10H2. The summed E-state index contributed by atoms with van der Waals surface area (Å²) in [6.07, 6.45) is 5.57. The zero-order chi connectivity index (χ0) is 14.2. The third kappa shape index (κ3) is 2.44. The third-order valence-corrected chi connectivity index (χ3v) is 4.83. The minimum absolute atomic E-state index is 0.257. The van der Waals surface area contributed by atoms with Crippen molar-refractivity contribution in [2.75, 3.05) is 18.0 Å². The van der Waals surface area contributed by atoms with Gasteiger partial charge in [-0.1, -0.05) is 12.8 Å². The van der Waals surface area contributed by atoms with Gasteiger partial charge in [-0.25, -0.2) is 4.39 Å². The summed E-state index contributed by atoms with van der Waals surface area (Å²) in [5.41, 5.74) is 0.583. The summed E-state index contributed by atoms with van der Waals surface area (Å²) in [4.78, 5) is 12.9. The Balaban J connectivity index is 1.82. The van der Waals surface area contributed by atoms with Crippen LogP contribution in [0.15, 0.2) is 18.2 Å². The van der Waals surface area contributed by atoms with Gasteiger partial charge in [0.15, 0.2) is 0 Å². The van der Waals surface area contributed by atoms with E-state index in [0.717, 1.165) is 50.9 Å². The van der Waals surface area contributed by atoms with E-state index in [-0.39, 0.29) is 11.7 Å². The quantitative estimate of drug-likeness (QED) is 0.845. The van der Waals surface area contributed by atoms with Gasteiger partial charge in [-0.05, 0) is 37.5 Å². The molecule has 0 bridgehead atoms. The smallest absolute Gasteiger partial charge is 0.150 e. The average Bonchev–Trinajstić information content (AvgIpc) is 2.45. The molecule has 3 nitrogen and oxygen atoms in total. The predicted octanol–water partition coefficient (Wildman–Crippen LogP) is 2.77. The Hall–Kier alpha value is -1.42. The molecule has 1 saturated heterocycles. The normalized spacial score (nSPS) is 29.9. The zero-order valence-corrected chi connectivity index (χ0v) is 11.5. The van der Waals surface area contributed by atoms with Gasteiger partial charge in [-0.3, -0.25) is 4.79 Å². The number of benzene rings is 1. The van der Waals surface area contributed by atoms with Crippen LogP contribution in [0, 0.1) is 11.7 Å². The van der Waals surface area contributed by atoms with Crippen molar-refractivity contribution in [1.82, 2.24) is 0 Å². The fraction of sp³-hybridized carbons (Fsp3) is 0.562. The highest BCUT2D eigenvalue weighted by atomic mass is 19.1. The van der Waals surface area contributed by atoms with Crippen LogP contribution in [-0.2, 0) is 0 Å². The lowest BCUT2D eigenvalue weighted by atomic mass is 9.71. The van der Waals surface area contributed by atoms with Crippen molar-refractivity contribution in [2.24, 2.45) is 5.92 Å². The van der Waals surface area contributed by atoms with Crippen molar-refractivity contribution in [3.63, 3.8) is 0 Å². The maximum absolute atomic E-state index is 13.5. The van der Waals surface area contributed by atoms with Crippen molar-refractivity contribution >= 4 is 12.0 Å². The van der Waals surface area contributed by atoms with E-state index in [1.165, 1.54) is 12.1 Å². The molecule has 1 saturated carbocycles. The van der Waals surface area contributed by atoms with Crippen LogP contribution in [0.4, 0.5) is 10.1 Å². The first-order valence-electron chi connectivity index (χ1n) is 7.34. The molecule has 2 unspecified atom stereocenters. The summed E-state index contributed by atoms with van der Waals surface area (Å²) in [5, 5.41) is 10.7. The fourth-order valence-electron chi connectivity index (χ4n) is 3.65. The highest BCUT2D eigenvalue weighted by Crippen LogP contribution is 2.40. The number of anilines is 1. The minimum Gasteiger partial charge on any atom is -0.389 e. The van der Waals surface area contributed by atoms with Crippen LogP contribution in [0.5, 0.6) is 0 Å². The molecule has 0 aromatic heterocycles. The number of aldehydes is 1. The lowest BCUT2D eigenvalue weighted by molar-refractivity contribution is -0.0612.